The number of carbonyl (C=O) groups excluding carboxylic acids is 1. The molecule has 0 aromatic carbocycles. The van der Waals surface area contributed by atoms with Crippen LogP contribution in [0.2, 0.25) is 5.15 Å². The van der Waals surface area contributed by atoms with Gasteiger partial charge in [-0.2, -0.15) is 0 Å². The molecule has 18 heavy (non-hydrogen) atoms. The minimum absolute atomic E-state index is 0.244. The van der Waals surface area contributed by atoms with Crippen LogP contribution in [-0.2, 0) is 11.3 Å². The van der Waals surface area contributed by atoms with Crippen molar-refractivity contribution in [2.24, 2.45) is 5.41 Å². The first-order valence-corrected chi connectivity index (χ1v) is 6.72. The molecule has 0 unspecified atom stereocenters. The van der Waals surface area contributed by atoms with Crippen molar-refractivity contribution in [3.63, 3.8) is 0 Å². The molecule has 3 nitrogen and oxygen atoms in total. The summed E-state index contributed by atoms with van der Waals surface area (Å²) in [5, 5.41) is 0.482. The van der Waals surface area contributed by atoms with Crippen LogP contribution in [0.5, 0.6) is 0 Å². The summed E-state index contributed by atoms with van der Waals surface area (Å²) in [6.45, 7) is 5.92. The van der Waals surface area contributed by atoms with Gasteiger partial charge in [-0.15, -0.1) is 0 Å². The highest BCUT2D eigenvalue weighted by atomic mass is 35.5. The Kier molecular flexibility index (Phi) is 3.91. The first kappa shape index (κ1) is 13.3. The van der Waals surface area contributed by atoms with Crippen LogP contribution in [0.25, 0.3) is 0 Å². The fourth-order valence-corrected chi connectivity index (χ4v) is 2.42. The van der Waals surface area contributed by atoms with Gasteiger partial charge in [-0.1, -0.05) is 25.4 Å². The van der Waals surface area contributed by atoms with E-state index in [9.17, 15) is 4.79 Å². The Hall–Kier alpha value is -1.09. The van der Waals surface area contributed by atoms with Gasteiger partial charge in [0.25, 0.3) is 0 Å². The van der Waals surface area contributed by atoms with E-state index in [1.165, 1.54) is 0 Å². The van der Waals surface area contributed by atoms with E-state index in [0.717, 1.165) is 24.9 Å². The lowest BCUT2D eigenvalue weighted by molar-refractivity contribution is -0.131. The lowest BCUT2D eigenvalue weighted by atomic mass is 9.85. The van der Waals surface area contributed by atoms with Crippen LogP contribution in [0.4, 0.5) is 0 Å². The zero-order valence-electron chi connectivity index (χ0n) is 10.9. The molecule has 0 radical (unpaired) electrons. The molecule has 0 spiro atoms. The largest absolute Gasteiger partial charge is 0.338 e. The Morgan fingerprint density at radius 1 is 1.44 bits per heavy atom. The van der Waals surface area contributed by atoms with E-state index in [1.54, 1.807) is 6.20 Å². The van der Waals surface area contributed by atoms with Gasteiger partial charge in [-0.3, -0.25) is 4.79 Å². The highest BCUT2D eigenvalue weighted by molar-refractivity contribution is 6.29. The van der Waals surface area contributed by atoms with Crippen molar-refractivity contribution in [3.8, 4) is 0 Å². The highest BCUT2D eigenvalue weighted by Gasteiger charge is 2.27. The van der Waals surface area contributed by atoms with Crippen LogP contribution >= 0.6 is 11.6 Å². The molecule has 1 amide bonds. The molecule has 2 heterocycles. The van der Waals surface area contributed by atoms with Crippen molar-refractivity contribution in [3.05, 3.63) is 29.0 Å². The first-order valence-electron chi connectivity index (χ1n) is 6.34. The third-order valence-electron chi connectivity index (χ3n) is 3.59. The van der Waals surface area contributed by atoms with E-state index in [1.807, 2.05) is 17.0 Å². The summed E-state index contributed by atoms with van der Waals surface area (Å²) in [5.74, 6) is 0.244. The van der Waals surface area contributed by atoms with Gasteiger partial charge < -0.3 is 4.90 Å². The Labute approximate surface area is 113 Å². The topological polar surface area (TPSA) is 33.2 Å². The molecule has 4 heteroatoms. The average Bonchev–Trinajstić information content (AvgIpc) is 2.42. The first-order chi connectivity index (χ1) is 8.46. The molecule has 0 saturated carbocycles. The highest BCUT2D eigenvalue weighted by Crippen LogP contribution is 2.30. The number of nitrogens with zero attached hydrogens (tertiary/aromatic N) is 2. The van der Waals surface area contributed by atoms with Crippen LogP contribution in [0.15, 0.2) is 18.3 Å². The standard InChI is InChI=1S/C14H19ClN2O/c1-14(2)5-3-13(18)17(8-6-14)10-11-4-7-16-12(15)9-11/h4,7,9H,3,5-6,8,10H2,1-2H3. The second-order valence-electron chi connectivity index (χ2n) is 5.72. The van der Waals surface area contributed by atoms with E-state index in [2.05, 4.69) is 18.8 Å². The fourth-order valence-electron chi connectivity index (χ4n) is 2.22. The summed E-state index contributed by atoms with van der Waals surface area (Å²) in [4.78, 5) is 18.0. The van der Waals surface area contributed by atoms with Gasteiger partial charge in [-0.05, 0) is 36.0 Å². The molecule has 2 rings (SSSR count). The van der Waals surface area contributed by atoms with E-state index in [4.69, 9.17) is 11.6 Å². The van der Waals surface area contributed by atoms with Gasteiger partial charge in [0.2, 0.25) is 5.91 Å². The van der Waals surface area contributed by atoms with Crippen LogP contribution in [0, 0.1) is 5.41 Å². The number of hydrogen-bond acceptors (Lipinski definition) is 2. The van der Waals surface area contributed by atoms with E-state index in [0.29, 0.717) is 18.1 Å². The Balaban J connectivity index is 2.06. The zero-order chi connectivity index (χ0) is 13.2. The van der Waals surface area contributed by atoms with Crippen LogP contribution in [0.3, 0.4) is 0 Å². The van der Waals surface area contributed by atoms with Crippen molar-refractivity contribution in [1.82, 2.24) is 9.88 Å². The molecule has 1 saturated heterocycles. The van der Waals surface area contributed by atoms with Crippen molar-refractivity contribution < 1.29 is 4.79 Å². The summed E-state index contributed by atoms with van der Waals surface area (Å²) >= 11 is 5.86. The maximum Gasteiger partial charge on any atom is 0.222 e. The molecule has 1 aliphatic heterocycles. The number of aromatic nitrogens is 1. The summed E-state index contributed by atoms with van der Waals surface area (Å²) < 4.78 is 0. The number of amides is 1. The van der Waals surface area contributed by atoms with Gasteiger partial charge in [0.15, 0.2) is 0 Å². The van der Waals surface area contributed by atoms with E-state index in [-0.39, 0.29) is 11.3 Å². The van der Waals surface area contributed by atoms with Crippen molar-refractivity contribution in [2.75, 3.05) is 6.54 Å². The Morgan fingerprint density at radius 2 is 2.22 bits per heavy atom. The lowest BCUT2D eigenvalue weighted by Gasteiger charge is -2.23. The summed E-state index contributed by atoms with van der Waals surface area (Å²) in [7, 11) is 0. The van der Waals surface area contributed by atoms with Gasteiger partial charge in [0, 0.05) is 25.7 Å². The Morgan fingerprint density at radius 3 is 2.94 bits per heavy atom. The van der Waals surface area contributed by atoms with Crippen LogP contribution < -0.4 is 0 Å². The molecule has 0 aliphatic carbocycles. The minimum atomic E-state index is 0.244. The summed E-state index contributed by atoms with van der Waals surface area (Å²) in [5.41, 5.74) is 1.31. The second-order valence-corrected chi connectivity index (χ2v) is 6.10. The fraction of sp³-hybridized carbons (Fsp3) is 0.571. The number of pyridine rings is 1. The Bertz CT molecular complexity index is 445. The molecule has 1 aromatic heterocycles. The van der Waals surface area contributed by atoms with Crippen molar-refractivity contribution in [1.29, 1.82) is 0 Å². The van der Waals surface area contributed by atoms with Gasteiger partial charge in [0.05, 0.1) is 0 Å². The van der Waals surface area contributed by atoms with Gasteiger partial charge in [0.1, 0.15) is 5.15 Å². The summed E-state index contributed by atoms with van der Waals surface area (Å²) in [6, 6.07) is 3.74. The van der Waals surface area contributed by atoms with E-state index < -0.39 is 0 Å². The zero-order valence-corrected chi connectivity index (χ0v) is 11.7. The predicted molar refractivity (Wildman–Crippen MR) is 72.3 cm³/mol. The number of halogens is 1. The normalized spacial score (nSPS) is 19.7. The minimum Gasteiger partial charge on any atom is -0.338 e. The molecule has 1 aromatic rings. The molecule has 1 fully saturated rings. The molecule has 1 aliphatic rings. The SMILES string of the molecule is CC1(C)CCC(=O)N(Cc2ccnc(Cl)c2)CC1. The third-order valence-corrected chi connectivity index (χ3v) is 3.80. The molecule has 0 atom stereocenters. The van der Waals surface area contributed by atoms with Gasteiger partial charge in [-0.25, -0.2) is 4.98 Å². The maximum atomic E-state index is 12.1. The summed E-state index contributed by atoms with van der Waals surface area (Å²) in [6.07, 6.45) is 4.35. The number of rotatable bonds is 2. The van der Waals surface area contributed by atoms with Crippen LogP contribution in [-0.4, -0.2) is 22.3 Å². The average molecular weight is 267 g/mol. The molecular formula is C14H19ClN2O. The third kappa shape index (κ3) is 3.45. The number of likely N-dealkylation sites (tertiary alicyclic amines) is 1. The monoisotopic (exact) mass is 266 g/mol. The van der Waals surface area contributed by atoms with Crippen molar-refractivity contribution >= 4 is 17.5 Å². The van der Waals surface area contributed by atoms with E-state index >= 15 is 0 Å². The number of carbonyl (C=O) groups is 1. The van der Waals surface area contributed by atoms with Crippen LogP contribution in [0.1, 0.15) is 38.7 Å². The molecular weight excluding hydrogens is 248 g/mol. The predicted octanol–water partition coefficient (Wildman–Crippen LogP) is 3.27. The molecule has 98 valence electrons. The maximum absolute atomic E-state index is 12.1. The van der Waals surface area contributed by atoms with Crippen molar-refractivity contribution in [2.45, 2.75) is 39.7 Å². The second kappa shape index (κ2) is 5.27. The smallest absolute Gasteiger partial charge is 0.222 e. The molecule has 0 bridgehead atoms. The molecule has 0 N–H and O–H groups in total. The lowest BCUT2D eigenvalue weighted by Crippen LogP contribution is -2.30. The van der Waals surface area contributed by atoms with Gasteiger partial charge >= 0.3 is 0 Å². The number of hydrogen-bond donors (Lipinski definition) is 0. The quantitative estimate of drug-likeness (QED) is 0.770.